The van der Waals surface area contributed by atoms with Crippen LogP contribution in [-0.4, -0.2) is 115 Å². The highest BCUT2D eigenvalue weighted by Crippen LogP contribution is 2.80. The number of carbonyl (C=O) groups excluding carboxylic acids is 4. The molecular weight excluding hydrogens is 620 g/mol. The lowest BCUT2D eigenvalue weighted by molar-refractivity contribution is -0.300. The van der Waals surface area contributed by atoms with E-state index in [0.29, 0.717) is 32.4 Å². The van der Waals surface area contributed by atoms with Gasteiger partial charge < -0.3 is 29.2 Å². The number of para-hydroxylation sites is 1. The normalized spacial score (nSPS) is 47.2. The molecule has 7 aliphatic rings. The average Bonchev–Trinajstić information content (AvgIpc) is 3.56. The number of benzene rings is 1. The minimum Gasteiger partial charge on any atom is -0.461 e. The Hall–Kier alpha value is -2.74. The fourth-order valence-corrected chi connectivity index (χ4v) is 12.6. The van der Waals surface area contributed by atoms with Crippen molar-refractivity contribution in [2.24, 2.45) is 40.4 Å². The number of likely N-dealkylation sites (N-methyl/N-ethyl adjacent to an activating group) is 1. The van der Waals surface area contributed by atoms with Crippen molar-refractivity contribution in [2.75, 3.05) is 45.9 Å². The maximum absolute atomic E-state index is 14.1. The number of esters is 1. The Morgan fingerprint density at radius 2 is 1.81 bits per heavy atom. The third-order valence-electron chi connectivity index (χ3n) is 14.0. The number of methoxy groups -OCH3 is 3. The largest absolute Gasteiger partial charge is 0.461 e. The molecule has 8 rings (SSSR count). The first-order chi connectivity index (χ1) is 22.9. The van der Waals surface area contributed by atoms with Gasteiger partial charge in [0.15, 0.2) is 0 Å². The number of hydrogen-bond acceptors (Lipinski definition) is 11. The molecule has 12 heteroatoms. The topological polar surface area (TPSA) is 152 Å². The Morgan fingerprint density at radius 3 is 2.46 bits per heavy atom. The molecule has 2 aliphatic heterocycles. The average molecular weight is 667 g/mol. The fourth-order valence-electron chi connectivity index (χ4n) is 12.6. The SMILES string of the molecule is CCN1C[C@]2(COC(=O)c3ccccc3N3C(=O)C[C@H](C)C3=O)CCC(OC)[C@@]34[C@@H]5C[C@H]6C(=O)[C@@H]5[C@](O)(C[C@@H]6OC)[C@@](O)(C(OC)[C@H]23)[C@@H]14. The first-order valence-corrected chi connectivity index (χ1v) is 17.3. The molecule has 5 saturated carbocycles. The first kappa shape index (κ1) is 32.5. The van der Waals surface area contributed by atoms with Crippen molar-refractivity contribution in [3.05, 3.63) is 29.8 Å². The quantitative estimate of drug-likeness (QED) is 0.307. The third kappa shape index (κ3) is 3.56. The van der Waals surface area contributed by atoms with Crippen molar-refractivity contribution in [3.63, 3.8) is 0 Å². The summed E-state index contributed by atoms with van der Waals surface area (Å²) in [4.78, 5) is 57.2. The molecule has 0 aromatic heterocycles. The zero-order valence-corrected chi connectivity index (χ0v) is 28.2. The van der Waals surface area contributed by atoms with Gasteiger partial charge in [-0.1, -0.05) is 26.0 Å². The summed E-state index contributed by atoms with van der Waals surface area (Å²) in [5.74, 6) is -3.81. The van der Waals surface area contributed by atoms with Crippen LogP contribution >= 0.6 is 0 Å². The predicted molar refractivity (Wildman–Crippen MR) is 169 cm³/mol. The van der Waals surface area contributed by atoms with Crippen LogP contribution in [0.5, 0.6) is 0 Å². The lowest BCUT2D eigenvalue weighted by Gasteiger charge is -2.69. The van der Waals surface area contributed by atoms with Crippen LogP contribution in [0.25, 0.3) is 0 Å². The van der Waals surface area contributed by atoms with E-state index in [-0.39, 0.29) is 66.2 Å². The third-order valence-corrected chi connectivity index (χ3v) is 14.0. The second kappa shape index (κ2) is 10.6. The zero-order chi connectivity index (χ0) is 34.1. The van der Waals surface area contributed by atoms with Gasteiger partial charge in [0.05, 0.1) is 48.1 Å². The molecule has 2 saturated heterocycles. The number of rotatable bonds is 8. The summed E-state index contributed by atoms with van der Waals surface area (Å²) in [5.41, 5.74) is -4.80. The van der Waals surface area contributed by atoms with Gasteiger partial charge in [-0.15, -0.1) is 0 Å². The summed E-state index contributed by atoms with van der Waals surface area (Å²) >= 11 is 0. The van der Waals surface area contributed by atoms with Crippen LogP contribution in [0, 0.1) is 40.4 Å². The number of anilines is 1. The molecule has 260 valence electrons. The van der Waals surface area contributed by atoms with Crippen LogP contribution in [0.1, 0.15) is 56.3 Å². The molecule has 2 heterocycles. The second-order valence-corrected chi connectivity index (χ2v) is 15.5. The van der Waals surface area contributed by atoms with E-state index < -0.39 is 64.0 Å². The zero-order valence-electron chi connectivity index (χ0n) is 28.2. The second-order valence-electron chi connectivity index (χ2n) is 15.5. The molecule has 7 bridgehead atoms. The molecule has 1 spiro atoms. The van der Waals surface area contributed by atoms with E-state index in [2.05, 4.69) is 4.90 Å². The number of aliphatic hydroxyl groups is 2. The van der Waals surface area contributed by atoms with Crippen LogP contribution in [0.4, 0.5) is 5.69 Å². The number of piperidine rings is 1. The van der Waals surface area contributed by atoms with E-state index in [4.69, 9.17) is 18.9 Å². The summed E-state index contributed by atoms with van der Waals surface area (Å²) in [6, 6.07) is 5.93. The molecule has 0 radical (unpaired) electrons. The van der Waals surface area contributed by atoms with Crippen molar-refractivity contribution < 1.29 is 48.3 Å². The molecule has 1 aromatic rings. The number of nitrogens with zero attached hydrogens (tertiary/aromatic N) is 2. The van der Waals surface area contributed by atoms with Gasteiger partial charge in [0, 0.05) is 69.3 Å². The highest BCUT2D eigenvalue weighted by Gasteiger charge is 2.91. The Kier molecular flexibility index (Phi) is 7.19. The molecular formula is C36H46N2O10. The predicted octanol–water partition coefficient (Wildman–Crippen LogP) is 1.59. The molecule has 5 aliphatic carbocycles. The number of hydrogen-bond donors (Lipinski definition) is 2. The number of likely N-dealkylation sites (tertiary alicyclic amines) is 1. The molecule has 2 unspecified atom stereocenters. The summed E-state index contributed by atoms with van der Waals surface area (Å²) in [6.07, 6.45) is 0.178. The van der Waals surface area contributed by atoms with Gasteiger partial charge in [-0.2, -0.15) is 0 Å². The maximum Gasteiger partial charge on any atom is 0.340 e. The van der Waals surface area contributed by atoms with Crippen molar-refractivity contribution in [3.8, 4) is 0 Å². The van der Waals surface area contributed by atoms with Gasteiger partial charge in [0.2, 0.25) is 11.8 Å². The monoisotopic (exact) mass is 666 g/mol. The van der Waals surface area contributed by atoms with Crippen LogP contribution in [-0.2, 0) is 33.3 Å². The summed E-state index contributed by atoms with van der Waals surface area (Å²) < 4.78 is 24.7. The van der Waals surface area contributed by atoms with Gasteiger partial charge in [0.1, 0.15) is 17.0 Å². The van der Waals surface area contributed by atoms with Gasteiger partial charge in [-0.3, -0.25) is 19.3 Å². The summed E-state index contributed by atoms with van der Waals surface area (Å²) in [7, 11) is 4.78. The highest BCUT2D eigenvalue weighted by atomic mass is 16.5. The molecule has 48 heavy (non-hydrogen) atoms. The lowest BCUT2D eigenvalue weighted by Crippen LogP contribution is -2.81. The van der Waals surface area contributed by atoms with E-state index in [0.717, 1.165) is 4.90 Å². The minimum absolute atomic E-state index is 0.0195. The number of carbonyl (C=O) groups is 4. The van der Waals surface area contributed by atoms with Crippen LogP contribution in [0.2, 0.25) is 0 Å². The maximum atomic E-state index is 14.1. The van der Waals surface area contributed by atoms with Crippen molar-refractivity contribution in [2.45, 2.75) is 81.5 Å². The van der Waals surface area contributed by atoms with Crippen LogP contribution in [0.15, 0.2) is 24.3 Å². The lowest BCUT2D eigenvalue weighted by atomic mass is 9.42. The number of fused-ring (bicyclic) bond motifs is 2. The molecule has 1 aromatic carbocycles. The first-order valence-electron chi connectivity index (χ1n) is 17.3. The fraction of sp³-hybridized carbons (Fsp3) is 0.722. The van der Waals surface area contributed by atoms with E-state index in [1.165, 1.54) is 0 Å². The van der Waals surface area contributed by atoms with Crippen molar-refractivity contribution in [1.82, 2.24) is 4.90 Å². The Morgan fingerprint density at radius 1 is 1.06 bits per heavy atom. The van der Waals surface area contributed by atoms with E-state index in [1.807, 2.05) is 6.92 Å². The highest BCUT2D eigenvalue weighted by molar-refractivity contribution is 6.22. The molecule has 13 atom stereocenters. The molecule has 7 fully saturated rings. The Labute approximate surface area is 280 Å². The van der Waals surface area contributed by atoms with Gasteiger partial charge in [0.25, 0.3) is 0 Å². The van der Waals surface area contributed by atoms with Gasteiger partial charge in [-0.05, 0) is 43.9 Å². The number of imide groups is 1. The Bertz CT molecular complexity index is 1580. The Balaban J connectivity index is 1.23. The number of Topliss-reactive ketones (excluding diaryl/α,β-unsaturated/α-hetero) is 1. The standard InChI is InChI=1S/C36H46N2O10/c1-6-37-16-33(17-48-31(42)19-9-7-8-10-22(19)38-25(39)13-18(2)30(38)41)12-11-24(46-4)35-21-14-20-23(45-3)15-34(43,26(21)27(20)40)36(44,32(35)37)29(47-5)28(33)35/h7-10,18,20-21,23-24,26,28-29,32,43-44H,6,11-17H2,1-5H3/t18-,20+,21+,23-,24?,26+,28+,29?,32-,33-,34+,35-,36+/m0/s1. The van der Waals surface area contributed by atoms with Crippen molar-refractivity contribution in [1.29, 1.82) is 0 Å². The number of amides is 2. The summed E-state index contributed by atoms with van der Waals surface area (Å²) in [6.45, 7) is 4.72. The molecule has 12 nitrogen and oxygen atoms in total. The van der Waals surface area contributed by atoms with Gasteiger partial charge >= 0.3 is 5.97 Å². The van der Waals surface area contributed by atoms with Crippen LogP contribution < -0.4 is 4.90 Å². The van der Waals surface area contributed by atoms with E-state index in [9.17, 15) is 29.4 Å². The number of ether oxygens (including phenoxy) is 4. The minimum atomic E-state index is -1.84. The summed E-state index contributed by atoms with van der Waals surface area (Å²) in [5, 5.41) is 26.1. The molecule has 2 N–H and O–H groups in total. The van der Waals surface area contributed by atoms with Crippen molar-refractivity contribution >= 4 is 29.3 Å². The van der Waals surface area contributed by atoms with E-state index >= 15 is 0 Å². The molecule has 2 amide bonds. The smallest absolute Gasteiger partial charge is 0.340 e. The van der Waals surface area contributed by atoms with Gasteiger partial charge in [-0.25, -0.2) is 9.69 Å². The number of ketones is 1. The van der Waals surface area contributed by atoms with E-state index in [1.54, 1.807) is 52.5 Å². The van der Waals surface area contributed by atoms with Crippen LogP contribution in [0.3, 0.4) is 0 Å².